The highest BCUT2D eigenvalue weighted by atomic mass is 32.2. The van der Waals surface area contributed by atoms with Crippen LogP contribution in [0.15, 0.2) is 90.0 Å². The van der Waals surface area contributed by atoms with Gasteiger partial charge in [-0.05, 0) is 60.4 Å². The van der Waals surface area contributed by atoms with Crippen LogP contribution in [0.5, 0.6) is 5.75 Å². The normalized spacial score (nSPS) is 15.4. The number of carbonyl (C=O) groups is 1. The van der Waals surface area contributed by atoms with E-state index in [1.807, 2.05) is 36.4 Å². The summed E-state index contributed by atoms with van der Waals surface area (Å²) in [6.45, 7) is 0.896. The molecule has 7 nitrogen and oxygen atoms in total. The zero-order chi connectivity index (χ0) is 26.8. The van der Waals surface area contributed by atoms with E-state index in [-0.39, 0.29) is 16.6 Å². The Balaban J connectivity index is 1.22. The molecule has 1 amide bonds. The van der Waals surface area contributed by atoms with Crippen LogP contribution in [0, 0.1) is 0 Å². The average Bonchev–Trinajstić information content (AvgIpc) is 2.93. The van der Waals surface area contributed by atoms with Crippen LogP contribution in [0.1, 0.15) is 34.3 Å². The first-order valence-electron chi connectivity index (χ1n) is 12.6. The fourth-order valence-electron chi connectivity index (χ4n) is 5.02. The zero-order valence-corrected chi connectivity index (χ0v) is 22.0. The highest BCUT2D eigenvalue weighted by molar-refractivity contribution is 7.90. The Morgan fingerprint density at radius 2 is 1.68 bits per heavy atom. The lowest BCUT2D eigenvalue weighted by molar-refractivity contribution is -0.0162. The van der Waals surface area contributed by atoms with Gasteiger partial charge >= 0.3 is 0 Å². The minimum absolute atomic E-state index is 0.124. The van der Waals surface area contributed by atoms with Gasteiger partial charge in [0, 0.05) is 36.7 Å². The van der Waals surface area contributed by atoms with Crippen molar-refractivity contribution in [3.8, 4) is 5.75 Å². The molecule has 0 unspecified atom stereocenters. The molecule has 2 heterocycles. The minimum Gasteiger partial charge on any atom is -0.497 e. The Labute approximate surface area is 222 Å². The summed E-state index contributed by atoms with van der Waals surface area (Å²) in [5.74, 6) is 0.447. The van der Waals surface area contributed by atoms with Gasteiger partial charge in [0.25, 0.3) is 5.91 Å². The third-order valence-corrected chi connectivity index (χ3v) is 8.85. The average molecular weight is 531 g/mol. The maximum absolute atomic E-state index is 13.2. The van der Waals surface area contributed by atoms with Crippen LogP contribution in [-0.2, 0) is 22.0 Å². The van der Waals surface area contributed by atoms with E-state index in [2.05, 4.69) is 4.98 Å². The van der Waals surface area contributed by atoms with Crippen LogP contribution in [-0.4, -0.2) is 55.1 Å². The van der Waals surface area contributed by atoms with Crippen LogP contribution in [0.25, 0.3) is 10.9 Å². The van der Waals surface area contributed by atoms with Crippen molar-refractivity contribution in [2.24, 2.45) is 0 Å². The van der Waals surface area contributed by atoms with Crippen molar-refractivity contribution in [3.63, 3.8) is 0 Å². The summed E-state index contributed by atoms with van der Waals surface area (Å²) in [6.07, 6.45) is 3.04. The number of hydrogen-bond donors (Lipinski definition) is 1. The maximum atomic E-state index is 13.2. The first kappa shape index (κ1) is 25.9. The van der Waals surface area contributed by atoms with E-state index in [1.54, 1.807) is 60.7 Å². The van der Waals surface area contributed by atoms with E-state index in [1.165, 1.54) is 0 Å². The summed E-state index contributed by atoms with van der Waals surface area (Å²) in [5.41, 5.74) is 1.67. The highest BCUT2D eigenvalue weighted by Gasteiger charge is 2.34. The largest absolute Gasteiger partial charge is 0.497 e. The molecular weight excluding hydrogens is 500 g/mol. The third-order valence-electron chi connectivity index (χ3n) is 7.14. The number of aliphatic hydroxyl groups is 1. The van der Waals surface area contributed by atoms with Gasteiger partial charge in [-0.2, -0.15) is 0 Å². The second kappa shape index (κ2) is 10.6. The number of carbonyl (C=O) groups excluding carboxylic acids is 1. The number of para-hydroxylation sites is 1. The molecule has 5 rings (SSSR count). The third kappa shape index (κ3) is 5.56. The van der Waals surface area contributed by atoms with Gasteiger partial charge in [0.15, 0.2) is 9.84 Å². The Morgan fingerprint density at radius 3 is 2.42 bits per heavy atom. The van der Waals surface area contributed by atoms with Gasteiger partial charge in [-0.1, -0.05) is 42.5 Å². The lowest BCUT2D eigenvalue weighted by Crippen LogP contribution is -2.47. The molecule has 0 saturated carbocycles. The molecule has 1 aliphatic rings. The number of hydrogen-bond acceptors (Lipinski definition) is 6. The van der Waals surface area contributed by atoms with E-state index in [0.29, 0.717) is 49.0 Å². The minimum atomic E-state index is -3.63. The van der Waals surface area contributed by atoms with Crippen molar-refractivity contribution in [2.45, 2.75) is 35.5 Å². The molecule has 1 saturated heterocycles. The van der Waals surface area contributed by atoms with Crippen molar-refractivity contribution in [3.05, 3.63) is 102 Å². The number of ether oxygens (including phenoxy) is 1. The lowest BCUT2D eigenvalue weighted by atomic mass is 9.85. The second-order valence-electron chi connectivity index (χ2n) is 9.83. The number of methoxy groups -OCH3 is 1. The van der Waals surface area contributed by atoms with Crippen molar-refractivity contribution < 1.29 is 23.1 Å². The molecule has 1 N–H and O–H groups in total. The molecule has 1 fully saturated rings. The van der Waals surface area contributed by atoms with Crippen LogP contribution in [0.3, 0.4) is 0 Å². The summed E-state index contributed by atoms with van der Waals surface area (Å²) in [4.78, 5) is 19.3. The summed E-state index contributed by atoms with van der Waals surface area (Å²) in [5, 5.41) is 11.9. The molecule has 0 atom stereocenters. The van der Waals surface area contributed by atoms with E-state index >= 15 is 0 Å². The first-order valence-corrected chi connectivity index (χ1v) is 14.2. The molecule has 0 bridgehead atoms. The summed E-state index contributed by atoms with van der Waals surface area (Å²) < 4.78 is 31.6. The quantitative estimate of drug-likeness (QED) is 0.380. The monoisotopic (exact) mass is 530 g/mol. The number of benzene rings is 3. The Morgan fingerprint density at radius 1 is 0.974 bits per heavy atom. The summed E-state index contributed by atoms with van der Waals surface area (Å²) in [6, 6.07) is 23.1. The fourth-order valence-corrected chi connectivity index (χ4v) is 6.55. The number of pyridine rings is 1. The predicted molar refractivity (Wildman–Crippen MR) is 146 cm³/mol. The number of likely N-dealkylation sites (tertiary alicyclic amines) is 1. The predicted octanol–water partition coefficient (Wildman–Crippen LogP) is 4.43. The summed E-state index contributed by atoms with van der Waals surface area (Å²) >= 11 is 0. The van der Waals surface area contributed by atoms with Crippen LogP contribution in [0.4, 0.5) is 0 Å². The molecule has 3 aromatic carbocycles. The number of aromatic nitrogens is 1. The van der Waals surface area contributed by atoms with E-state index < -0.39 is 15.4 Å². The lowest BCUT2D eigenvalue weighted by Gasteiger charge is -2.38. The Bertz CT molecular complexity index is 1550. The standard InChI is InChI=1S/C30H30N2O5S/c1-37-26-8-2-5-23(19-26)20-30(34)14-17-32(18-15-30)29(33)25-12-10-22(11-13-25)21-38(35,36)27-9-3-6-24-7-4-16-31-28(24)27/h2-13,16,19,34H,14-15,17-18,20-21H2,1H3. The number of nitrogens with zero attached hydrogens (tertiary/aromatic N) is 2. The van der Waals surface area contributed by atoms with Crippen molar-refractivity contribution in [1.82, 2.24) is 9.88 Å². The van der Waals surface area contributed by atoms with Gasteiger partial charge in [0.05, 0.1) is 28.9 Å². The molecular formula is C30H30N2O5S. The van der Waals surface area contributed by atoms with Crippen LogP contribution < -0.4 is 4.74 Å². The molecule has 0 aliphatic carbocycles. The Hall–Kier alpha value is -3.75. The molecule has 1 aromatic heterocycles. The second-order valence-corrected chi connectivity index (χ2v) is 11.8. The zero-order valence-electron chi connectivity index (χ0n) is 21.2. The van der Waals surface area contributed by atoms with Gasteiger partial charge in [-0.15, -0.1) is 0 Å². The Kier molecular flexibility index (Phi) is 7.19. The molecule has 8 heteroatoms. The maximum Gasteiger partial charge on any atom is 0.253 e. The summed E-state index contributed by atoms with van der Waals surface area (Å²) in [7, 11) is -2.01. The number of piperidine rings is 1. The topological polar surface area (TPSA) is 96.8 Å². The van der Waals surface area contributed by atoms with Crippen molar-refractivity contribution in [2.75, 3.05) is 20.2 Å². The highest BCUT2D eigenvalue weighted by Crippen LogP contribution is 2.29. The smallest absolute Gasteiger partial charge is 0.253 e. The molecule has 1 aliphatic heterocycles. The molecule has 38 heavy (non-hydrogen) atoms. The van der Waals surface area contributed by atoms with Gasteiger partial charge in [0.2, 0.25) is 0 Å². The molecule has 196 valence electrons. The van der Waals surface area contributed by atoms with Crippen molar-refractivity contribution in [1.29, 1.82) is 0 Å². The number of fused-ring (bicyclic) bond motifs is 1. The van der Waals surface area contributed by atoms with Gasteiger partial charge in [-0.25, -0.2) is 8.42 Å². The van der Waals surface area contributed by atoms with E-state index in [4.69, 9.17) is 4.74 Å². The van der Waals surface area contributed by atoms with Crippen molar-refractivity contribution >= 4 is 26.6 Å². The number of rotatable bonds is 7. The molecule has 0 spiro atoms. The van der Waals surface area contributed by atoms with E-state index in [9.17, 15) is 18.3 Å². The SMILES string of the molecule is COc1cccc(CC2(O)CCN(C(=O)c3ccc(CS(=O)(=O)c4cccc5cccnc45)cc3)CC2)c1. The molecule has 0 radical (unpaired) electrons. The van der Waals surface area contributed by atoms with E-state index in [0.717, 1.165) is 16.7 Å². The fraction of sp³-hybridized carbons (Fsp3) is 0.267. The van der Waals surface area contributed by atoms with Crippen LogP contribution >= 0.6 is 0 Å². The van der Waals surface area contributed by atoms with Crippen LogP contribution in [0.2, 0.25) is 0 Å². The van der Waals surface area contributed by atoms with Gasteiger partial charge in [0.1, 0.15) is 5.75 Å². The number of sulfone groups is 1. The first-order chi connectivity index (χ1) is 18.3. The van der Waals surface area contributed by atoms with Gasteiger partial charge < -0.3 is 14.7 Å². The number of amides is 1. The molecule has 4 aromatic rings. The van der Waals surface area contributed by atoms with Gasteiger partial charge in [-0.3, -0.25) is 9.78 Å².